The van der Waals surface area contributed by atoms with E-state index in [-0.39, 0.29) is 4.90 Å². The van der Waals surface area contributed by atoms with Gasteiger partial charge in [0.25, 0.3) is 0 Å². The summed E-state index contributed by atoms with van der Waals surface area (Å²) >= 11 is 0. The summed E-state index contributed by atoms with van der Waals surface area (Å²) in [6.45, 7) is 6.26. The highest BCUT2D eigenvalue weighted by Gasteiger charge is 2.39. The van der Waals surface area contributed by atoms with E-state index < -0.39 is 10.0 Å². The van der Waals surface area contributed by atoms with Gasteiger partial charge in [-0.2, -0.15) is 4.31 Å². The van der Waals surface area contributed by atoms with Gasteiger partial charge in [0.15, 0.2) is 5.76 Å². The van der Waals surface area contributed by atoms with Crippen molar-refractivity contribution in [2.24, 2.45) is 0 Å². The maximum absolute atomic E-state index is 13.0. The van der Waals surface area contributed by atoms with Gasteiger partial charge in [0.05, 0.1) is 0 Å². The van der Waals surface area contributed by atoms with Crippen LogP contribution >= 0.6 is 0 Å². The van der Waals surface area contributed by atoms with E-state index in [4.69, 9.17) is 4.52 Å². The monoisotopic (exact) mass is 391 g/mol. The van der Waals surface area contributed by atoms with Gasteiger partial charge in [0.1, 0.15) is 22.7 Å². The number of rotatable bonds is 5. The Morgan fingerprint density at radius 3 is 2.30 bits per heavy atom. The van der Waals surface area contributed by atoms with Gasteiger partial charge >= 0.3 is 0 Å². The number of anilines is 1. The van der Waals surface area contributed by atoms with E-state index in [1.165, 1.54) is 12.8 Å². The Morgan fingerprint density at radius 2 is 1.74 bits per heavy atom. The lowest BCUT2D eigenvalue weighted by Gasteiger charge is -2.39. The van der Waals surface area contributed by atoms with Crippen molar-refractivity contribution in [2.45, 2.75) is 63.4 Å². The van der Waals surface area contributed by atoms with Crippen LogP contribution in [-0.4, -0.2) is 53.0 Å². The molecule has 2 aliphatic rings. The molecular formula is C18H25N5O3S. The molecule has 0 aromatic carbocycles. The molecule has 0 amide bonds. The highest BCUT2D eigenvalue weighted by atomic mass is 32.2. The summed E-state index contributed by atoms with van der Waals surface area (Å²) in [6.07, 6.45) is 5.50. The van der Waals surface area contributed by atoms with Crippen LogP contribution in [0, 0.1) is 20.8 Å². The van der Waals surface area contributed by atoms with Gasteiger partial charge in [0.2, 0.25) is 10.0 Å². The van der Waals surface area contributed by atoms with Crippen molar-refractivity contribution in [2.75, 3.05) is 18.0 Å². The van der Waals surface area contributed by atoms with Crippen molar-refractivity contribution in [1.29, 1.82) is 0 Å². The first-order valence-electron chi connectivity index (χ1n) is 9.38. The molecule has 0 spiro atoms. The average molecular weight is 391 g/mol. The molecule has 0 N–H and O–H groups in total. The van der Waals surface area contributed by atoms with Crippen LogP contribution in [-0.2, 0) is 10.0 Å². The SMILES string of the molecule is Cc1cc(N(C2CC2)C2CCN(S(=O)(=O)c3c(C)noc3C)CC2)ncn1. The quantitative estimate of drug-likeness (QED) is 0.771. The van der Waals surface area contributed by atoms with Gasteiger partial charge in [-0.1, -0.05) is 5.16 Å². The topological polar surface area (TPSA) is 92.4 Å². The molecule has 0 unspecified atom stereocenters. The largest absolute Gasteiger partial charge is 0.360 e. The summed E-state index contributed by atoms with van der Waals surface area (Å²) < 4.78 is 32.7. The summed E-state index contributed by atoms with van der Waals surface area (Å²) in [5.74, 6) is 1.31. The molecule has 1 saturated carbocycles. The zero-order chi connectivity index (χ0) is 19.2. The molecule has 9 heteroatoms. The number of hydrogen-bond acceptors (Lipinski definition) is 7. The minimum atomic E-state index is -3.57. The minimum absolute atomic E-state index is 0.214. The van der Waals surface area contributed by atoms with E-state index in [1.54, 1.807) is 24.5 Å². The lowest BCUT2D eigenvalue weighted by Crippen LogP contribution is -2.48. The van der Waals surface area contributed by atoms with Crippen LogP contribution in [0.4, 0.5) is 5.82 Å². The molecule has 0 radical (unpaired) electrons. The smallest absolute Gasteiger partial charge is 0.248 e. The predicted octanol–water partition coefficient (Wildman–Crippen LogP) is 2.21. The number of aromatic nitrogens is 3. The molecule has 2 fully saturated rings. The lowest BCUT2D eigenvalue weighted by atomic mass is 10.0. The molecular weight excluding hydrogens is 366 g/mol. The first-order chi connectivity index (χ1) is 12.9. The fourth-order valence-corrected chi connectivity index (χ4v) is 5.70. The van der Waals surface area contributed by atoms with Crippen LogP contribution in [0.25, 0.3) is 0 Å². The number of piperidine rings is 1. The first kappa shape index (κ1) is 18.4. The van der Waals surface area contributed by atoms with Crippen molar-refractivity contribution in [3.05, 3.63) is 29.5 Å². The molecule has 2 aromatic heterocycles. The van der Waals surface area contributed by atoms with Crippen molar-refractivity contribution in [1.82, 2.24) is 19.4 Å². The van der Waals surface area contributed by atoms with Gasteiger partial charge in [-0.25, -0.2) is 18.4 Å². The maximum atomic E-state index is 13.0. The number of hydrogen-bond donors (Lipinski definition) is 0. The van der Waals surface area contributed by atoms with Crippen LogP contribution in [0.1, 0.15) is 42.8 Å². The van der Waals surface area contributed by atoms with Crippen LogP contribution < -0.4 is 4.90 Å². The summed E-state index contributed by atoms with van der Waals surface area (Å²) in [6, 6.07) is 2.82. The number of nitrogens with zero attached hydrogens (tertiary/aromatic N) is 5. The second kappa shape index (κ2) is 6.87. The first-order valence-corrected chi connectivity index (χ1v) is 10.8. The Hall–Kier alpha value is -2.00. The van der Waals surface area contributed by atoms with Gasteiger partial charge < -0.3 is 9.42 Å². The van der Waals surface area contributed by atoms with Crippen LogP contribution in [0.15, 0.2) is 21.8 Å². The Labute approximate surface area is 159 Å². The molecule has 3 heterocycles. The Bertz CT molecular complexity index is 911. The molecule has 0 atom stereocenters. The summed E-state index contributed by atoms with van der Waals surface area (Å²) in [5.41, 5.74) is 1.37. The Morgan fingerprint density at radius 1 is 1.07 bits per heavy atom. The average Bonchev–Trinajstić information content (AvgIpc) is 3.39. The fourth-order valence-electron chi connectivity index (χ4n) is 3.94. The Balaban J connectivity index is 1.51. The minimum Gasteiger partial charge on any atom is -0.360 e. The molecule has 2 aromatic rings. The van der Waals surface area contributed by atoms with Gasteiger partial charge in [-0.3, -0.25) is 0 Å². The van der Waals surface area contributed by atoms with Gasteiger partial charge in [-0.15, -0.1) is 0 Å². The standard InChI is InChI=1S/C18H25N5O3S/c1-12-10-17(20-11-19-12)23(15-4-5-15)16-6-8-22(9-7-16)27(24,25)18-13(2)21-26-14(18)3/h10-11,15-16H,4-9H2,1-3H3. The van der Waals surface area contributed by atoms with Crippen LogP contribution in [0.2, 0.25) is 0 Å². The van der Waals surface area contributed by atoms with Crippen LogP contribution in [0.3, 0.4) is 0 Å². The predicted molar refractivity (Wildman–Crippen MR) is 100 cm³/mol. The molecule has 0 bridgehead atoms. The highest BCUT2D eigenvalue weighted by molar-refractivity contribution is 7.89. The summed E-state index contributed by atoms with van der Waals surface area (Å²) in [5, 5.41) is 3.80. The molecule has 8 nitrogen and oxygen atoms in total. The van der Waals surface area contributed by atoms with E-state index in [1.807, 2.05) is 13.0 Å². The molecule has 4 rings (SSSR count). The van der Waals surface area contributed by atoms with Crippen molar-refractivity contribution < 1.29 is 12.9 Å². The van der Waals surface area contributed by atoms with E-state index in [0.29, 0.717) is 36.6 Å². The van der Waals surface area contributed by atoms with E-state index in [0.717, 1.165) is 24.4 Å². The second-order valence-electron chi connectivity index (χ2n) is 7.44. The highest BCUT2D eigenvalue weighted by Crippen LogP contribution is 2.36. The molecule has 1 aliphatic heterocycles. The van der Waals surface area contributed by atoms with Gasteiger partial charge in [-0.05, 0) is 46.5 Å². The summed E-state index contributed by atoms with van der Waals surface area (Å²) in [7, 11) is -3.57. The molecule has 146 valence electrons. The van der Waals surface area contributed by atoms with Gasteiger partial charge in [0, 0.05) is 36.9 Å². The van der Waals surface area contributed by atoms with Crippen molar-refractivity contribution in [3.8, 4) is 0 Å². The number of aryl methyl sites for hydroxylation is 3. The van der Waals surface area contributed by atoms with Crippen molar-refractivity contribution in [3.63, 3.8) is 0 Å². The molecule has 1 saturated heterocycles. The normalized spacial score (nSPS) is 19.4. The third-order valence-electron chi connectivity index (χ3n) is 5.38. The fraction of sp³-hybridized carbons (Fsp3) is 0.611. The van der Waals surface area contributed by atoms with E-state index in [2.05, 4.69) is 20.0 Å². The Kier molecular flexibility index (Phi) is 4.67. The zero-order valence-electron chi connectivity index (χ0n) is 15.9. The van der Waals surface area contributed by atoms with E-state index in [9.17, 15) is 8.42 Å². The number of sulfonamides is 1. The van der Waals surface area contributed by atoms with Crippen molar-refractivity contribution >= 4 is 15.8 Å². The third kappa shape index (κ3) is 3.45. The third-order valence-corrected chi connectivity index (χ3v) is 7.52. The summed E-state index contributed by atoms with van der Waals surface area (Å²) in [4.78, 5) is 11.3. The zero-order valence-corrected chi connectivity index (χ0v) is 16.7. The molecule has 27 heavy (non-hydrogen) atoms. The maximum Gasteiger partial charge on any atom is 0.248 e. The molecule has 1 aliphatic carbocycles. The lowest BCUT2D eigenvalue weighted by molar-refractivity contribution is 0.307. The van der Waals surface area contributed by atoms with Crippen LogP contribution in [0.5, 0.6) is 0 Å². The van der Waals surface area contributed by atoms with E-state index >= 15 is 0 Å². The second-order valence-corrected chi connectivity index (χ2v) is 9.32.